The Balaban J connectivity index is 1.55. The molecule has 1 saturated heterocycles. The molecular formula is C21H18ClN3O4. The fraction of sp³-hybridized carbons (Fsp3) is 0.190. The fourth-order valence-corrected chi connectivity index (χ4v) is 3.43. The normalized spacial score (nSPS) is 18.8. The van der Waals surface area contributed by atoms with E-state index in [0.717, 1.165) is 16.2 Å². The first-order valence-electron chi connectivity index (χ1n) is 8.90. The average Bonchev–Trinajstić information content (AvgIpc) is 3.27. The molecule has 1 aliphatic rings. The van der Waals surface area contributed by atoms with Crippen LogP contribution in [0.1, 0.15) is 18.2 Å². The first-order chi connectivity index (χ1) is 13.9. The van der Waals surface area contributed by atoms with Crippen molar-refractivity contribution in [1.29, 1.82) is 0 Å². The van der Waals surface area contributed by atoms with E-state index < -0.39 is 11.6 Å². The van der Waals surface area contributed by atoms with Crippen molar-refractivity contribution in [2.24, 2.45) is 0 Å². The lowest BCUT2D eigenvalue weighted by molar-refractivity contribution is -0.131. The number of aromatic nitrogens is 1. The Kier molecular flexibility index (Phi) is 4.76. The summed E-state index contributed by atoms with van der Waals surface area (Å²) < 4.78 is 10.7. The van der Waals surface area contributed by atoms with E-state index in [0.29, 0.717) is 22.2 Å². The van der Waals surface area contributed by atoms with Crippen LogP contribution in [-0.4, -0.2) is 28.9 Å². The second-order valence-corrected chi connectivity index (χ2v) is 7.27. The molecule has 8 heteroatoms. The number of amides is 3. The van der Waals surface area contributed by atoms with Gasteiger partial charge in [-0.25, -0.2) is 9.78 Å². The van der Waals surface area contributed by atoms with Crippen LogP contribution in [0, 0.1) is 0 Å². The number of hydrogen-bond acceptors (Lipinski definition) is 5. The van der Waals surface area contributed by atoms with Gasteiger partial charge < -0.3 is 14.5 Å². The van der Waals surface area contributed by atoms with Gasteiger partial charge in [0.05, 0.1) is 19.3 Å². The van der Waals surface area contributed by atoms with Crippen LogP contribution in [-0.2, 0) is 16.9 Å². The maximum atomic E-state index is 13.0. The van der Waals surface area contributed by atoms with Gasteiger partial charge in [-0.3, -0.25) is 9.69 Å². The molecule has 29 heavy (non-hydrogen) atoms. The maximum Gasteiger partial charge on any atom is 0.325 e. The minimum absolute atomic E-state index is 0.000473. The number of methoxy groups -OCH3 is 1. The Morgan fingerprint density at radius 1 is 1.21 bits per heavy atom. The van der Waals surface area contributed by atoms with Crippen LogP contribution in [0.3, 0.4) is 0 Å². The molecule has 1 N–H and O–H groups in total. The number of imide groups is 1. The monoisotopic (exact) mass is 411 g/mol. The molecule has 0 radical (unpaired) electrons. The summed E-state index contributed by atoms with van der Waals surface area (Å²) in [5, 5.41) is 3.24. The Bertz CT molecular complexity index is 1080. The smallest absolute Gasteiger partial charge is 0.325 e. The van der Waals surface area contributed by atoms with Crippen LogP contribution >= 0.6 is 11.6 Å². The summed E-state index contributed by atoms with van der Waals surface area (Å²) in [6.45, 7) is 1.66. The van der Waals surface area contributed by atoms with Crippen molar-refractivity contribution in [3.8, 4) is 17.2 Å². The van der Waals surface area contributed by atoms with E-state index in [1.165, 1.54) is 6.26 Å². The summed E-state index contributed by atoms with van der Waals surface area (Å²) in [7, 11) is 1.59. The lowest BCUT2D eigenvalue weighted by Crippen LogP contribution is -2.40. The highest BCUT2D eigenvalue weighted by molar-refractivity contribution is 6.30. The first-order valence-corrected chi connectivity index (χ1v) is 9.27. The van der Waals surface area contributed by atoms with Crippen molar-refractivity contribution in [2.45, 2.75) is 19.0 Å². The number of ether oxygens (including phenoxy) is 1. The van der Waals surface area contributed by atoms with Crippen LogP contribution in [0.4, 0.5) is 4.79 Å². The molecule has 0 spiro atoms. The third-order valence-electron chi connectivity index (χ3n) is 4.89. The molecule has 2 heterocycles. The second kappa shape index (κ2) is 7.25. The maximum absolute atomic E-state index is 13.0. The molecular weight excluding hydrogens is 394 g/mol. The van der Waals surface area contributed by atoms with E-state index in [1.807, 2.05) is 12.1 Å². The molecule has 0 unspecified atom stereocenters. The van der Waals surface area contributed by atoms with Gasteiger partial charge in [0, 0.05) is 10.6 Å². The summed E-state index contributed by atoms with van der Waals surface area (Å²) >= 11 is 6.05. The van der Waals surface area contributed by atoms with Crippen molar-refractivity contribution < 1.29 is 18.7 Å². The van der Waals surface area contributed by atoms with Gasteiger partial charge in [0.15, 0.2) is 0 Å². The Hall–Kier alpha value is -3.32. The van der Waals surface area contributed by atoms with Gasteiger partial charge in [0.2, 0.25) is 5.89 Å². The third kappa shape index (κ3) is 3.45. The van der Waals surface area contributed by atoms with Crippen molar-refractivity contribution in [1.82, 2.24) is 15.2 Å². The van der Waals surface area contributed by atoms with E-state index in [4.69, 9.17) is 20.8 Å². The van der Waals surface area contributed by atoms with Gasteiger partial charge in [0.1, 0.15) is 17.6 Å². The molecule has 1 atom stereocenters. The van der Waals surface area contributed by atoms with Crippen molar-refractivity contribution in [3.05, 3.63) is 71.1 Å². The SMILES string of the molecule is COc1ccc(-c2nc(CN3C(=O)N[C@@](C)(c4cccc(Cl)c4)C3=O)co2)cc1. The number of benzene rings is 2. The van der Waals surface area contributed by atoms with Crippen LogP contribution in [0.25, 0.3) is 11.5 Å². The zero-order chi connectivity index (χ0) is 20.6. The van der Waals surface area contributed by atoms with Gasteiger partial charge >= 0.3 is 6.03 Å². The third-order valence-corrected chi connectivity index (χ3v) is 5.12. The molecule has 1 aliphatic heterocycles. The highest BCUT2D eigenvalue weighted by Crippen LogP contribution is 2.31. The number of rotatable bonds is 5. The van der Waals surface area contributed by atoms with E-state index in [2.05, 4.69) is 10.3 Å². The molecule has 148 valence electrons. The topological polar surface area (TPSA) is 84.7 Å². The van der Waals surface area contributed by atoms with E-state index >= 15 is 0 Å². The molecule has 0 aliphatic carbocycles. The van der Waals surface area contributed by atoms with Crippen LogP contribution in [0.2, 0.25) is 5.02 Å². The number of nitrogens with one attached hydrogen (secondary N) is 1. The minimum atomic E-state index is -1.19. The number of oxazole rings is 1. The summed E-state index contributed by atoms with van der Waals surface area (Å²) in [6.07, 6.45) is 1.44. The number of halogens is 1. The summed E-state index contributed by atoms with van der Waals surface area (Å²) in [4.78, 5) is 31.0. The highest BCUT2D eigenvalue weighted by Gasteiger charge is 2.49. The second-order valence-electron chi connectivity index (χ2n) is 6.83. The first kappa shape index (κ1) is 19.0. The minimum Gasteiger partial charge on any atom is -0.497 e. The molecule has 3 amide bonds. The fourth-order valence-electron chi connectivity index (χ4n) is 3.24. The zero-order valence-corrected chi connectivity index (χ0v) is 16.6. The Morgan fingerprint density at radius 3 is 2.66 bits per heavy atom. The van der Waals surface area contributed by atoms with Crippen LogP contribution < -0.4 is 10.1 Å². The number of hydrogen-bond donors (Lipinski definition) is 1. The Morgan fingerprint density at radius 2 is 1.97 bits per heavy atom. The van der Waals surface area contributed by atoms with Gasteiger partial charge in [-0.05, 0) is 48.9 Å². The molecule has 0 bridgehead atoms. The predicted molar refractivity (Wildman–Crippen MR) is 106 cm³/mol. The zero-order valence-electron chi connectivity index (χ0n) is 15.8. The summed E-state index contributed by atoms with van der Waals surface area (Å²) in [5.74, 6) is 0.742. The average molecular weight is 412 g/mol. The molecule has 2 aromatic carbocycles. The molecule has 1 fully saturated rings. The number of carbonyl (C=O) groups is 2. The molecule has 7 nitrogen and oxygen atoms in total. The van der Waals surface area contributed by atoms with Crippen molar-refractivity contribution >= 4 is 23.5 Å². The van der Waals surface area contributed by atoms with Crippen LogP contribution in [0.15, 0.2) is 59.2 Å². The van der Waals surface area contributed by atoms with E-state index in [9.17, 15) is 9.59 Å². The van der Waals surface area contributed by atoms with Gasteiger partial charge in [-0.2, -0.15) is 0 Å². The molecule has 3 aromatic rings. The number of carbonyl (C=O) groups excluding carboxylic acids is 2. The standard InChI is InChI=1S/C21H18ClN3O4/c1-21(14-4-3-5-15(22)10-14)19(26)25(20(27)24-21)11-16-12-29-18(23-16)13-6-8-17(28-2)9-7-13/h3-10,12H,11H2,1-2H3,(H,24,27)/t21-/m0/s1. The van der Waals surface area contributed by atoms with Crippen LogP contribution in [0.5, 0.6) is 5.75 Å². The predicted octanol–water partition coefficient (Wildman–Crippen LogP) is 3.97. The largest absolute Gasteiger partial charge is 0.497 e. The quantitative estimate of drug-likeness (QED) is 0.642. The molecule has 1 aromatic heterocycles. The lowest BCUT2D eigenvalue weighted by atomic mass is 9.92. The highest BCUT2D eigenvalue weighted by atomic mass is 35.5. The number of nitrogens with zero attached hydrogens (tertiary/aromatic N) is 2. The molecule has 4 rings (SSSR count). The van der Waals surface area contributed by atoms with Gasteiger partial charge in [0.25, 0.3) is 5.91 Å². The van der Waals surface area contributed by atoms with E-state index in [-0.39, 0.29) is 12.5 Å². The molecule has 0 saturated carbocycles. The van der Waals surface area contributed by atoms with Gasteiger partial charge in [-0.15, -0.1) is 0 Å². The van der Waals surface area contributed by atoms with Crippen molar-refractivity contribution in [3.63, 3.8) is 0 Å². The van der Waals surface area contributed by atoms with E-state index in [1.54, 1.807) is 50.4 Å². The summed E-state index contributed by atoms with van der Waals surface area (Å²) in [6, 6.07) is 13.6. The van der Waals surface area contributed by atoms with Crippen molar-refractivity contribution in [2.75, 3.05) is 7.11 Å². The number of urea groups is 1. The lowest BCUT2D eigenvalue weighted by Gasteiger charge is -2.22. The summed E-state index contributed by atoms with van der Waals surface area (Å²) in [5.41, 5.74) is 0.655. The van der Waals surface area contributed by atoms with Gasteiger partial charge in [-0.1, -0.05) is 23.7 Å². The Labute approximate surface area is 172 Å².